The summed E-state index contributed by atoms with van der Waals surface area (Å²) in [6, 6.07) is 60.4. The number of quaternary nitrogens is 1. The van der Waals surface area contributed by atoms with Crippen molar-refractivity contribution in [3.05, 3.63) is 210 Å². The van der Waals surface area contributed by atoms with E-state index in [0.29, 0.717) is 34.0 Å². The van der Waals surface area contributed by atoms with Gasteiger partial charge in [0.15, 0.2) is 11.4 Å². The molecule has 0 fully saturated rings. The first-order valence-electron chi connectivity index (χ1n) is 19.1. The average molecular weight is 771 g/mol. The molecule has 1 unspecified atom stereocenters. The van der Waals surface area contributed by atoms with Crippen molar-refractivity contribution in [2.24, 2.45) is 0 Å². The molecule has 0 aromatic heterocycles. The molecule has 284 valence electrons. The normalized spacial score (nSPS) is 13.5. The van der Waals surface area contributed by atoms with Gasteiger partial charge in [-0.05, 0) is 126 Å². The van der Waals surface area contributed by atoms with E-state index >= 15 is 0 Å². The Kier molecular flexibility index (Phi) is 8.91. The Labute approximate surface area is 340 Å². The number of hydrogen-bond acceptors (Lipinski definition) is 8. The summed E-state index contributed by atoms with van der Waals surface area (Å²) in [5.41, 5.74) is 10.7. The molecule has 10 rings (SSSR count). The van der Waals surface area contributed by atoms with Crippen LogP contribution in [0.15, 0.2) is 194 Å². The number of benzene rings is 8. The fraction of sp³-hybridized carbons (Fsp3) is 0. The van der Waals surface area contributed by atoms with Crippen molar-refractivity contribution in [3.8, 4) is 22.6 Å². The third-order valence-electron chi connectivity index (χ3n) is 10.5. The molecule has 0 radical (unpaired) electrons. The lowest BCUT2D eigenvalue weighted by Gasteiger charge is -2.38. The van der Waals surface area contributed by atoms with Crippen molar-refractivity contribution in [1.29, 1.82) is 0 Å². The second-order valence-corrected chi connectivity index (χ2v) is 14.1. The minimum Gasteiger partial charge on any atom is -0.623 e. The number of carbonyl (C=O) groups excluding carboxylic acids is 2. The van der Waals surface area contributed by atoms with Gasteiger partial charge in [0.2, 0.25) is 0 Å². The Bertz CT molecular complexity index is 2870. The van der Waals surface area contributed by atoms with Crippen molar-refractivity contribution in [1.82, 2.24) is 0 Å². The summed E-state index contributed by atoms with van der Waals surface area (Å²) >= 11 is 0. The molecular formula is C50H34N4O5. The highest BCUT2D eigenvalue weighted by Crippen LogP contribution is 2.50. The summed E-state index contributed by atoms with van der Waals surface area (Å²) in [7, 11) is 0. The SMILES string of the molecule is O=C(Oc1ccccc1)c1ccc(N2c3ccccc3Nc3ccc(-c4ccc5c(c4)N(c4ccc(C(=O)Oc6ccccc6)cc4)c4ccccc4[NH+]5[O-])cc32)cc1. The van der Waals surface area contributed by atoms with Crippen LogP contribution in [0.4, 0.5) is 56.9 Å². The fourth-order valence-electron chi connectivity index (χ4n) is 7.63. The predicted molar refractivity (Wildman–Crippen MR) is 231 cm³/mol. The van der Waals surface area contributed by atoms with Crippen LogP contribution in [0.25, 0.3) is 11.1 Å². The van der Waals surface area contributed by atoms with E-state index in [2.05, 4.69) is 39.4 Å². The summed E-state index contributed by atoms with van der Waals surface area (Å²) < 4.78 is 11.2. The number of hydrogen-bond donors (Lipinski definition) is 2. The smallest absolute Gasteiger partial charge is 0.343 e. The number of nitrogens with zero attached hydrogens (tertiary/aromatic N) is 2. The van der Waals surface area contributed by atoms with E-state index in [1.54, 1.807) is 48.5 Å². The van der Waals surface area contributed by atoms with Gasteiger partial charge >= 0.3 is 11.9 Å². The second kappa shape index (κ2) is 14.8. The van der Waals surface area contributed by atoms with Crippen LogP contribution in [0.5, 0.6) is 11.5 Å². The van der Waals surface area contributed by atoms with Crippen molar-refractivity contribution in [2.45, 2.75) is 0 Å². The van der Waals surface area contributed by atoms with Gasteiger partial charge in [0, 0.05) is 23.5 Å². The topological polar surface area (TPSA) is 98.6 Å². The summed E-state index contributed by atoms with van der Waals surface area (Å²) in [6.07, 6.45) is 0. The average Bonchev–Trinajstić information content (AvgIpc) is 3.29. The molecule has 1 atom stereocenters. The van der Waals surface area contributed by atoms with Crippen LogP contribution >= 0.6 is 0 Å². The maximum absolute atomic E-state index is 14.0. The largest absolute Gasteiger partial charge is 0.623 e. The van der Waals surface area contributed by atoms with Crippen LogP contribution in [0.2, 0.25) is 0 Å². The number of anilines is 8. The predicted octanol–water partition coefficient (Wildman–Crippen LogP) is 11.4. The number of rotatable bonds is 7. The quantitative estimate of drug-likeness (QED) is 0.0939. The van der Waals surface area contributed by atoms with E-state index in [0.717, 1.165) is 56.6 Å². The third kappa shape index (κ3) is 6.62. The standard InChI is InChI=1S/C50H34N4O5/c55-49(58-39-11-3-1-4-12-39)33-19-25-37(26-20-33)52-43-16-8-7-15-41(43)51-42-29-23-35(31-47(42)52)36-24-30-46-48(32-36)53(44-17-9-10-18-45(44)54(46)57)38-27-21-34(22-28-38)50(56)59-40-13-5-2-6-14-40/h1-32,51,54H. The van der Waals surface area contributed by atoms with Crippen molar-refractivity contribution in [3.63, 3.8) is 0 Å². The number of fused-ring (bicyclic) bond motifs is 4. The Morgan fingerprint density at radius 3 is 1.51 bits per heavy atom. The highest BCUT2D eigenvalue weighted by molar-refractivity contribution is 6.00. The highest BCUT2D eigenvalue weighted by Gasteiger charge is 2.31. The monoisotopic (exact) mass is 770 g/mol. The fourth-order valence-corrected chi connectivity index (χ4v) is 7.63. The minimum absolute atomic E-state index is 0.0602. The van der Waals surface area contributed by atoms with Gasteiger partial charge in [-0.1, -0.05) is 66.7 Å². The Hall–Kier alpha value is -7.98. The summed E-state index contributed by atoms with van der Waals surface area (Å²) in [4.78, 5) is 30.3. The maximum Gasteiger partial charge on any atom is 0.343 e. The molecule has 0 saturated heterocycles. The van der Waals surface area contributed by atoms with E-state index in [-0.39, 0.29) is 5.06 Å². The zero-order chi connectivity index (χ0) is 39.9. The summed E-state index contributed by atoms with van der Waals surface area (Å²) in [5.74, 6) is 0.0581. The van der Waals surface area contributed by atoms with E-state index in [1.165, 1.54) is 0 Å². The molecule has 8 aromatic rings. The maximum atomic E-state index is 14.0. The van der Waals surface area contributed by atoms with Crippen molar-refractivity contribution in [2.75, 3.05) is 15.1 Å². The molecule has 2 N–H and O–H groups in total. The molecule has 0 spiro atoms. The molecule has 0 amide bonds. The van der Waals surface area contributed by atoms with Gasteiger partial charge in [0.05, 0.1) is 33.9 Å². The first-order valence-corrected chi connectivity index (χ1v) is 19.1. The van der Waals surface area contributed by atoms with Crippen molar-refractivity contribution < 1.29 is 24.1 Å². The van der Waals surface area contributed by atoms with Gasteiger partial charge < -0.3 is 30.0 Å². The first-order chi connectivity index (χ1) is 29.0. The van der Waals surface area contributed by atoms with Gasteiger partial charge in [0.1, 0.15) is 22.9 Å². The third-order valence-corrected chi connectivity index (χ3v) is 10.5. The molecule has 0 saturated carbocycles. The van der Waals surface area contributed by atoms with Gasteiger partial charge in [-0.25, -0.2) is 9.59 Å². The van der Waals surface area contributed by atoms with Gasteiger partial charge in [-0.2, -0.15) is 0 Å². The van der Waals surface area contributed by atoms with Crippen LogP contribution in [0.3, 0.4) is 0 Å². The number of nitrogens with one attached hydrogen (secondary N) is 2. The van der Waals surface area contributed by atoms with E-state index in [1.807, 2.05) is 121 Å². The summed E-state index contributed by atoms with van der Waals surface area (Å²) in [5, 5.41) is 17.5. The van der Waals surface area contributed by atoms with Crippen LogP contribution < -0.4 is 29.7 Å². The van der Waals surface area contributed by atoms with E-state index in [4.69, 9.17) is 9.47 Å². The first kappa shape index (κ1) is 35.4. The molecule has 9 nitrogen and oxygen atoms in total. The number of ether oxygens (including phenoxy) is 2. The summed E-state index contributed by atoms with van der Waals surface area (Å²) in [6.45, 7) is 0. The zero-order valence-corrected chi connectivity index (χ0v) is 31.4. The molecule has 2 heterocycles. The molecular weight excluding hydrogens is 737 g/mol. The Morgan fingerprint density at radius 1 is 0.441 bits per heavy atom. The van der Waals surface area contributed by atoms with Crippen LogP contribution in [0.1, 0.15) is 20.7 Å². The lowest BCUT2D eigenvalue weighted by molar-refractivity contribution is -0.698. The van der Waals surface area contributed by atoms with Crippen molar-refractivity contribution >= 4 is 68.8 Å². The molecule has 0 aliphatic carbocycles. The Morgan fingerprint density at radius 2 is 0.898 bits per heavy atom. The molecule has 2 aliphatic rings. The molecule has 0 bridgehead atoms. The molecule has 9 heteroatoms. The highest BCUT2D eigenvalue weighted by atomic mass is 16.5. The number of esters is 2. The number of para-hydroxylation sites is 6. The molecule has 8 aromatic carbocycles. The van der Waals surface area contributed by atoms with Gasteiger partial charge in [-0.3, -0.25) is 4.90 Å². The van der Waals surface area contributed by atoms with E-state index < -0.39 is 11.9 Å². The Balaban J connectivity index is 1.01. The van der Waals surface area contributed by atoms with Crippen LogP contribution in [-0.4, -0.2) is 11.9 Å². The lowest BCUT2D eigenvalue weighted by Crippen LogP contribution is -2.97. The molecule has 2 aliphatic heterocycles. The second-order valence-electron chi connectivity index (χ2n) is 14.1. The number of carbonyl (C=O) groups is 2. The van der Waals surface area contributed by atoms with Gasteiger partial charge in [0.25, 0.3) is 0 Å². The lowest BCUT2D eigenvalue weighted by atomic mass is 9.98. The van der Waals surface area contributed by atoms with Gasteiger partial charge in [-0.15, -0.1) is 0 Å². The van der Waals surface area contributed by atoms with Crippen LogP contribution in [-0.2, 0) is 0 Å². The zero-order valence-electron chi connectivity index (χ0n) is 31.4. The molecule has 59 heavy (non-hydrogen) atoms. The van der Waals surface area contributed by atoms with E-state index in [9.17, 15) is 14.8 Å². The minimum atomic E-state index is -0.459. The van der Waals surface area contributed by atoms with Crippen LogP contribution in [0, 0.1) is 5.21 Å².